The largest absolute Gasteiger partial charge is 0.330 e. The summed E-state index contributed by atoms with van der Waals surface area (Å²) in [4.78, 5) is 0.337. The van der Waals surface area contributed by atoms with E-state index in [0.29, 0.717) is 24.4 Å². The minimum Gasteiger partial charge on any atom is -0.330 e. The molecule has 5 aromatic carbocycles. The molecule has 6 rings (SSSR count). The molecule has 2 atom stereocenters. The summed E-state index contributed by atoms with van der Waals surface area (Å²) in [6.45, 7) is 0.867. The fourth-order valence-corrected chi connectivity index (χ4v) is 9.83. The Kier molecular flexibility index (Phi) is 8.00. The van der Waals surface area contributed by atoms with Crippen molar-refractivity contribution in [3.05, 3.63) is 150 Å². The van der Waals surface area contributed by atoms with Crippen LogP contribution in [0, 0.1) is 0 Å². The second-order valence-electron chi connectivity index (χ2n) is 10.6. The average Bonchev–Trinajstić information content (AvgIpc) is 3.44. The highest BCUT2D eigenvalue weighted by Gasteiger charge is 2.46. The maximum atomic E-state index is 14.2. The van der Waals surface area contributed by atoms with Gasteiger partial charge in [-0.15, -0.1) is 11.8 Å². The van der Waals surface area contributed by atoms with Crippen molar-refractivity contribution in [2.75, 3.05) is 13.1 Å². The molecular formula is C35H34N2O2S2. The fraction of sp³-hybridized carbons (Fsp3) is 0.200. The number of fused-ring (bicyclic) bond motifs is 1. The Balaban J connectivity index is 1.42. The van der Waals surface area contributed by atoms with E-state index in [1.807, 2.05) is 60.3 Å². The monoisotopic (exact) mass is 578 g/mol. The van der Waals surface area contributed by atoms with Crippen LogP contribution in [-0.4, -0.2) is 37.1 Å². The van der Waals surface area contributed by atoms with E-state index in [9.17, 15) is 8.42 Å². The van der Waals surface area contributed by atoms with Gasteiger partial charge in [-0.25, -0.2) is 8.42 Å². The summed E-state index contributed by atoms with van der Waals surface area (Å²) in [5.41, 5.74) is 9.57. The standard InChI is InChI=1S/C35H34N2O2S2/c36-23-22-32-25-33(26-37(32)41(38,39)34-21-20-27-12-10-11-13-28(27)24-34)40-35(29-14-4-1-5-15-29,30-16-6-2-7-17-30)31-18-8-3-9-19-31/h1-21,24,32-33H,22-23,25-26,36H2/t32-,33-/m1/s1. The Morgan fingerprint density at radius 1 is 0.707 bits per heavy atom. The lowest BCUT2D eigenvalue weighted by atomic mass is 9.84. The predicted octanol–water partition coefficient (Wildman–Crippen LogP) is 7.05. The van der Waals surface area contributed by atoms with Crippen molar-refractivity contribution in [3.8, 4) is 0 Å². The van der Waals surface area contributed by atoms with E-state index in [0.717, 1.165) is 17.2 Å². The van der Waals surface area contributed by atoms with Crippen LogP contribution < -0.4 is 5.73 Å². The first-order chi connectivity index (χ1) is 20.0. The zero-order valence-corrected chi connectivity index (χ0v) is 24.5. The molecule has 6 heteroatoms. The summed E-state index contributed by atoms with van der Waals surface area (Å²) in [5, 5.41) is 2.01. The molecule has 5 aromatic rings. The van der Waals surface area contributed by atoms with E-state index >= 15 is 0 Å². The van der Waals surface area contributed by atoms with E-state index in [2.05, 4.69) is 72.8 Å². The van der Waals surface area contributed by atoms with Gasteiger partial charge in [0.1, 0.15) is 0 Å². The molecule has 2 N–H and O–H groups in total. The van der Waals surface area contributed by atoms with Crippen LogP contribution in [-0.2, 0) is 14.8 Å². The second-order valence-corrected chi connectivity index (χ2v) is 14.0. The molecule has 1 saturated heterocycles. The summed E-state index contributed by atoms with van der Waals surface area (Å²) >= 11 is 1.86. The summed E-state index contributed by atoms with van der Waals surface area (Å²) < 4.78 is 29.5. The normalized spacial score (nSPS) is 18.1. The van der Waals surface area contributed by atoms with Crippen LogP contribution in [0.3, 0.4) is 0 Å². The van der Waals surface area contributed by atoms with Crippen LogP contribution in [0.2, 0.25) is 0 Å². The van der Waals surface area contributed by atoms with Gasteiger partial charge in [-0.3, -0.25) is 0 Å². The van der Waals surface area contributed by atoms with Gasteiger partial charge in [0.2, 0.25) is 10.0 Å². The van der Waals surface area contributed by atoms with Gasteiger partial charge < -0.3 is 5.73 Å². The van der Waals surface area contributed by atoms with Crippen LogP contribution in [0.15, 0.2) is 138 Å². The van der Waals surface area contributed by atoms with Crippen LogP contribution in [0.4, 0.5) is 0 Å². The van der Waals surface area contributed by atoms with Gasteiger partial charge in [0, 0.05) is 17.8 Å². The summed E-state index contributed by atoms with van der Waals surface area (Å²) in [7, 11) is -3.72. The highest BCUT2D eigenvalue weighted by atomic mass is 32.2. The van der Waals surface area contributed by atoms with Gasteiger partial charge in [-0.1, -0.05) is 121 Å². The quantitative estimate of drug-likeness (QED) is 0.191. The van der Waals surface area contributed by atoms with Gasteiger partial charge >= 0.3 is 0 Å². The maximum Gasteiger partial charge on any atom is 0.243 e. The molecule has 0 spiro atoms. The first-order valence-electron chi connectivity index (χ1n) is 14.1. The Morgan fingerprint density at radius 2 is 1.22 bits per heavy atom. The lowest BCUT2D eigenvalue weighted by Gasteiger charge is -2.37. The van der Waals surface area contributed by atoms with Gasteiger partial charge in [0.25, 0.3) is 0 Å². The van der Waals surface area contributed by atoms with Gasteiger partial charge in [-0.05, 0) is 59.0 Å². The van der Waals surface area contributed by atoms with E-state index in [1.165, 1.54) is 16.7 Å². The SMILES string of the molecule is NCC[C@@H]1C[C@@H](SC(c2ccccc2)(c2ccccc2)c2ccccc2)CN1S(=O)(=O)c1ccc2ccccc2c1. The number of hydrogen-bond donors (Lipinski definition) is 1. The molecular weight excluding hydrogens is 545 g/mol. The third-order valence-electron chi connectivity index (χ3n) is 8.04. The molecule has 0 aliphatic carbocycles. The minimum absolute atomic E-state index is 0.0578. The highest BCUT2D eigenvalue weighted by molar-refractivity contribution is 8.01. The number of thioether (sulfide) groups is 1. The molecule has 4 nitrogen and oxygen atoms in total. The van der Waals surface area contributed by atoms with E-state index in [1.54, 1.807) is 16.4 Å². The zero-order chi connectivity index (χ0) is 28.3. The average molecular weight is 579 g/mol. The molecule has 1 heterocycles. The summed E-state index contributed by atoms with van der Waals surface area (Å²) in [6.07, 6.45) is 1.36. The molecule has 0 bridgehead atoms. The molecule has 0 saturated carbocycles. The van der Waals surface area contributed by atoms with Crippen LogP contribution in [0.25, 0.3) is 10.8 Å². The summed E-state index contributed by atoms with van der Waals surface area (Å²) in [5.74, 6) is 0. The molecule has 41 heavy (non-hydrogen) atoms. The Bertz CT molecular complexity index is 1610. The van der Waals surface area contributed by atoms with E-state index < -0.39 is 14.8 Å². The van der Waals surface area contributed by atoms with Gasteiger partial charge in [-0.2, -0.15) is 4.31 Å². The number of nitrogens with zero attached hydrogens (tertiary/aromatic N) is 1. The third kappa shape index (κ3) is 5.33. The van der Waals surface area contributed by atoms with Crippen molar-refractivity contribution in [1.82, 2.24) is 4.31 Å². The van der Waals surface area contributed by atoms with Crippen LogP contribution in [0.1, 0.15) is 29.5 Å². The van der Waals surface area contributed by atoms with Crippen molar-refractivity contribution >= 4 is 32.6 Å². The Morgan fingerprint density at radius 3 is 1.76 bits per heavy atom. The number of rotatable bonds is 9. The van der Waals surface area contributed by atoms with Gasteiger partial charge in [0.05, 0.1) is 9.64 Å². The first kappa shape index (κ1) is 27.7. The maximum absolute atomic E-state index is 14.2. The lowest BCUT2D eigenvalue weighted by molar-refractivity contribution is 0.374. The van der Waals surface area contributed by atoms with Crippen LogP contribution in [0.5, 0.6) is 0 Å². The third-order valence-corrected chi connectivity index (χ3v) is 11.7. The summed E-state index contributed by atoms with van der Waals surface area (Å²) in [6, 6.07) is 44.9. The second kappa shape index (κ2) is 11.8. The molecule has 1 aliphatic heterocycles. The Hall–Kier alpha value is -3.42. The molecule has 1 aliphatic rings. The van der Waals surface area contributed by atoms with Crippen molar-refractivity contribution < 1.29 is 8.42 Å². The number of hydrogen-bond acceptors (Lipinski definition) is 4. The smallest absolute Gasteiger partial charge is 0.243 e. The molecule has 208 valence electrons. The Labute approximate surface area is 247 Å². The van der Waals surface area contributed by atoms with Crippen molar-refractivity contribution in [2.45, 2.75) is 33.8 Å². The number of nitrogens with two attached hydrogens (primary N) is 1. The highest BCUT2D eigenvalue weighted by Crippen LogP contribution is 2.52. The molecule has 0 unspecified atom stereocenters. The zero-order valence-electron chi connectivity index (χ0n) is 22.8. The van der Waals surface area contributed by atoms with Crippen LogP contribution >= 0.6 is 11.8 Å². The number of sulfonamides is 1. The first-order valence-corrected chi connectivity index (χ1v) is 16.4. The van der Waals surface area contributed by atoms with Crippen molar-refractivity contribution in [2.24, 2.45) is 5.73 Å². The predicted molar refractivity (Wildman–Crippen MR) is 171 cm³/mol. The van der Waals surface area contributed by atoms with E-state index in [4.69, 9.17) is 5.73 Å². The van der Waals surface area contributed by atoms with Gasteiger partial charge in [0.15, 0.2) is 0 Å². The van der Waals surface area contributed by atoms with Crippen molar-refractivity contribution in [1.29, 1.82) is 0 Å². The van der Waals surface area contributed by atoms with Crippen molar-refractivity contribution in [3.63, 3.8) is 0 Å². The fourth-order valence-electron chi connectivity index (χ4n) is 6.12. The minimum atomic E-state index is -3.72. The topological polar surface area (TPSA) is 63.4 Å². The molecule has 1 fully saturated rings. The lowest BCUT2D eigenvalue weighted by Crippen LogP contribution is -2.37. The van der Waals surface area contributed by atoms with E-state index in [-0.39, 0.29) is 11.3 Å². The molecule has 0 radical (unpaired) electrons. The molecule has 0 amide bonds. The number of benzene rings is 5. The molecule has 0 aromatic heterocycles.